The Bertz CT molecular complexity index is 1520. The van der Waals surface area contributed by atoms with Crippen molar-refractivity contribution in [2.24, 2.45) is 0 Å². The van der Waals surface area contributed by atoms with Crippen molar-refractivity contribution in [1.82, 2.24) is 0 Å². The summed E-state index contributed by atoms with van der Waals surface area (Å²) in [6.45, 7) is 4.83. The Hall–Kier alpha value is -4.68. The fourth-order valence-electron chi connectivity index (χ4n) is 4.44. The van der Waals surface area contributed by atoms with E-state index in [0.29, 0.717) is 58.6 Å². The molecule has 0 aliphatic heterocycles. The van der Waals surface area contributed by atoms with Crippen LogP contribution in [0, 0.1) is 5.82 Å². The van der Waals surface area contributed by atoms with Crippen LogP contribution in [0.15, 0.2) is 85.0 Å². The molecule has 252 valence electrons. The third-order valence-electron chi connectivity index (χ3n) is 7.00. The lowest BCUT2D eigenvalue weighted by Gasteiger charge is -2.16. The molecule has 0 fully saturated rings. The second-order valence-corrected chi connectivity index (χ2v) is 10.4. The summed E-state index contributed by atoms with van der Waals surface area (Å²) in [4.78, 5) is 23.2. The Kier molecular flexibility index (Phi) is 14.0. The smallest absolute Gasteiger partial charge is 0.389 e. The lowest BCUT2D eigenvalue weighted by molar-refractivity contribution is -0.146. The average molecular weight is 661 g/mol. The number of esters is 2. The monoisotopic (exact) mass is 660 g/mol. The maximum absolute atomic E-state index is 16.2. The number of halogens is 4. The van der Waals surface area contributed by atoms with E-state index in [9.17, 15) is 22.8 Å². The van der Waals surface area contributed by atoms with Crippen LogP contribution in [0.1, 0.15) is 37.7 Å². The molecule has 2 N–H and O–H groups in total. The van der Waals surface area contributed by atoms with Crippen LogP contribution in [0.4, 0.5) is 17.6 Å². The molecule has 3 aromatic rings. The molecule has 0 heterocycles. The molecular formula is C35H36F4O8. The van der Waals surface area contributed by atoms with Gasteiger partial charge in [-0.3, -0.25) is 0 Å². The van der Waals surface area contributed by atoms with Crippen molar-refractivity contribution >= 4 is 11.9 Å². The molecule has 0 unspecified atom stereocenters. The Morgan fingerprint density at radius 2 is 1.11 bits per heavy atom. The summed E-state index contributed by atoms with van der Waals surface area (Å²) in [6, 6.07) is 16.5. The van der Waals surface area contributed by atoms with Crippen molar-refractivity contribution in [3.8, 4) is 33.8 Å². The van der Waals surface area contributed by atoms with Crippen LogP contribution in [0.5, 0.6) is 11.5 Å². The van der Waals surface area contributed by atoms with Crippen molar-refractivity contribution in [1.29, 1.82) is 0 Å². The number of alkyl halides is 3. The molecule has 0 saturated carbocycles. The average Bonchev–Trinajstić information content (AvgIpc) is 3.06. The zero-order valence-corrected chi connectivity index (χ0v) is 25.6. The highest BCUT2D eigenvalue weighted by atomic mass is 19.4. The fourth-order valence-corrected chi connectivity index (χ4v) is 4.44. The maximum Gasteiger partial charge on any atom is 0.389 e. The van der Waals surface area contributed by atoms with Gasteiger partial charge in [-0.05, 0) is 65.8 Å². The van der Waals surface area contributed by atoms with Gasteiger partial charge in [0, 0.05) is 12.0 Å². The van der Waals surface area contributed by atoms with E-state index < -0.39 is 57.2 Å². The van der Waals surface area contributed by atoms with Gasteiger partial charge >= 0.3 is 18.1 Å². The van der Waals surface area contributed by atoms with E-state index in [0.717, 1.165) is 0 Å². The first-order chi connectivity index (χ1) is 22.4. The molecule has 0 aliphatic carbocycles. The predicted molar refractivity (Wildman–Crippen MR) is 166 cm³/mol. The summed E-state index contributed by atoms with van der Waals surface area (Å²) in [6.07, 6.45) is -3.43. The number of carbonyl (C=O) groups is 2. The fraction of sp³-hybridized carbons (Fsp3) is 0.314. The summed E-state index contributed by atoms with van der Waals surface area (Å²) in [5.74, 6) is -1.35. The second-order valence-electron chi connectivity index (χ2n) is 10.4. The standard InChI is InChI=1S/C35H36F4O8/c1-23(19-40)33(42)46-21-44-27-12-8-25(9-13-27)29-16-17-30(32(36)31(29)7-5-3-4-6-18-35(37,38)39)26-10-14-28(15-11-26)45-22-47-34(43)24(2)20-41/h8-17,40-41H,1-7,18-22H2. The van der Waals surface area contributed by atoms with Gasteiger partial charge in [0.2, 0.25) is 13.6 Å². The number of hydrogen-bond donors (Lipinski definition) is 2. The minimum Gasteiger partial charge on any atom is -0.457 e. The summed E-state index contributed by atoms with van der Waals surface area (Å²) < 4.78 is 74.3. The highest BCUT2D eigenvalue weighted by Gasteiger charge is 2.25. The lowest BCUT2D eigenvalue weighted by atomic mass is 9.91. The molecule has 0 amide bonds. The van der Waals surface area contributed by atoms with E-state index in [2.05, 4.69) is 13.2 Å². The number of unbranched alkanes of at least 4 members (excludes halogenated alkanes) is 3. The summed E-state index contributed by atoms with van der Waals surface area (Å²) in [7, 11) is 0. The number of benzene rings is 3. The van der Waals surface area contributed by atoms with Crippen LogP contribution in [-0.4, -0.2) is 55.1 Å². The number of aliphatic hydroxyl groups excluding tert-OH is 2. The first-order valence-electron chi connectivity index (χ1n) is 14.7. The minimum atomic E-state index is -4.21. The van der Waals surface area contributed by atoms with Gasteiger partial charge in [-0.15, -0.1) is 0 Å². The molecule has 0 aromatic heterocycles. The van der Waals surface area contributed by atoms with E-state index in [4.69, 9.17) is 29.2 Å². The molecule has 8 nitrogen and oxygen atoms in total. The number of aliphatic hydroxyl groups is 2. The van der Waals surface area contributed by atoms with Crippen molar-refractivity contribution < 1.29 is 56.3 Å². The van der Waals surface area contributed by atoms with Gasteiger partial charge in [-0.2, -0.15) is 13.2 Å². The highest BCUT2D eigenvalue weighted by Crippen LogP contribution is 2.35. The third-order valence-corrected chi connectivity index (χ3v) is 7.00. The third kappa shape index (κ3) is 11.6. The van der Waals surface area contributed by atoms with Gasteiger partial charge in [0.15, 0.2) is 0 Å². The van der Waals surface area contributed by atoms with Gasteiger partial charge in [0.25, 0.3) is 0 Å². The number of carbonyl (C=O) groups excluding carboxylic acids is 2. The van der Waals surface area contributed by atoms with Gasteiger partial charge in [0.1, 0.15) is 17.3 Å². The zero-order valence-electron chi connectivity index (χ0n) is 25.6. The SMILES string of the molecule is C=C(CO)C(=O)OCOc1ccc(-c2ccc(-c3ccc(OCOC(=O)C(=C)CO)cc3)c(CCCCCCC(F)(F)F)c2F)cc1. The van der Waals surface area contributed by atoms with Crippen LogP contribution in [0.2, 0.25) is 0 Å². The summed E-state index contributed by atoms with van der Waals surface area (Å²) in [5.41, 5.74) is 2.29. The molecule has 3 aromatic carbocycles. The van der Waals surface area contributed by atoms with Crippen LogP contribution in [0.25, 0.3) is 22.3 Å². The first kappa shape index (κ1) is 36.8. The predicted octanol–water partition coefficient (Wildman–Crippen LogP) is 7.07. The van der Waals surface area contributed by atoms with Crippen LogP contribution in [0.3, 0.4) is 0 Å². The van der Waals surface area contributed by atoms with Gasteiger partial charge in [0.05, 0.1) is 24.4 Å². The van der Waals surface area contributed by atoms with Crippen molar-refractivity contribution in [2.75, 3.05) is 26.8 Å². The van der Waals surface area contributed by atoms with Gasteiger partial charge < -0.3 is 29.2 Å². The topological polar surface area (TPSA) is 112 Å². The van der Waals surface area contributed by atoms with Crippen molar-refractivity contribution in [3.63, 3.8) is 0 Å². The lowest BCUT2D eigenvalue weighted by Crippen LogP contribution is -2.13. The normalized spacial score (nSPS) is 11.1. The van der Waals surface area contributed by atoms with Crippen molar-refractivity contribution in [3.05, 3.63) is 96.3 Å². The molecular weight excluding hydrogens is 624 g/mol. The van der Waals surface area contributed by atoms with E-state index >= 15 is 4.39 Å². The zero-order chi connectivity index (χ0) is 34.4. The Labute approximate surface area is 269 Å². The summed E-state index contributed by atoms with van der Waals surface area (Å²) >= 11 is 0. The molecule has 0 atom stereocenters. The van der Waals surface area contributed by atoms with Crippen LogP contribution >= 0.6 is 0 Å². The summed E-state index contributed by atoms with van der Waals surface area (Å²) in [5, 5.41) is 17.9. The van der Waals surface area contributed by atoms with Gasteiger partial charge in [-0.25, -0.2) is 14.0 Å². The molecule has 12 heteroatoms. The molecule has 3 rings (SSSR count). The van der Waals surface area contributed by atoms with E-state index in [1.54, 1.807) is 60.7 Å². The highest BCUT2D eigenvalue weighted by molar-refractivity contribution is 5.88. The molecule has 0 aliphatic rings. The number of rotatable bonds is 18. The Balaban J connectivity index is 1.77. The Morgan fingerprint density at radius 3 is 1.57 bits per heavy atom. The maximum atomic E-state index is 16.2. The second kappa shape index (κ2) is 17.9. The minimum absolute atomic E-state index is 0.00751. The van der Waals surface area contributed by atoms with E-state index in [-0.39, 0.29) is 24.0 Å². The first-order valence-corrected chi connectivity index (χ1v) is 14.7. The number of hydrogen-bond acceptors (Lipinski definition) is 8. The van der Waals surface area contributed by atoms with E-state index in [1.807, 2.05) is 0 Å². The molecule has 0 bridgehead atoms. The largest absolute Gasteiger partial charge is 0.457 e. The molecule has 0 spiro atoms. The Morgan fingerprint density at radius 1 is 0.660 bits per heavy atom. The van der Waals surface area contributed by atoms with Gasteiger partial charge in [-0.1, -0.05) is 62.4 Å². The van der Waals surface area contributed by atoms with Crippen LogP contribution in [-0.2, 0) is 25.5 Å². The molecule has 47 heavy (non-hydrogen) atoms. The quantitative estimate of drug-likeness (QED) is 0.0490. The number of ether oxygens (including phenoxy) is 4. The molecule has 0 saturated heterocycles. The van der Waals surface area contributed by atoms with E-state index in [1.165, 1.54) is 0 Å². The van der Waals surface area contributed by atoms with Crippen LogP contribution < -0.4 is 9.47 Å². The molecule has 0 radical (unpaired) electrons. The van der Waals surface area contributed by atoms with Crippen molar-refractivity contribution in [2.45, 2.75) is 44.7 Å².